The number of hydrogen-bond donors (Lipinski definition) is 0. The van der Waals surface area contributed by atoms with E-state index in [-0.39, 0.29) is 16.6 Å². The first kappa shape index (κ1) is 15.6. The van der Waals surface area contributed by atoms with Crippen molar-refractivity contribution in [2.24, 2.45) is 0 Å². The van der Waals surface area contributed by atoms with E-state index in [1.165, 1.54) is 20.3 Å². The van der Waals surface area contributed by atoms with Crippen LogP contribution in [0.25, 0.3) is 0 Å². The molecule has 0 aliphatic carbocycles. The van der Waals surface area contributed by atoms with Gasteiger partial charge in [-0.3, -0.25) is 4.79 Å². The largest absolute Gasteiger partial charge is 0.481 e. The molecule has 7 nitrogen and oxygen atoms in total. The van der Waals surface area contributed by atoms with E-state index in [9.17, 15) is 4.79 Å². The van der Waals surface area contributed by atoms with Crippen LogP contribution in [0.1, 0.15) is 21.4 Å². The molecule has 0 saturated carbocycles. The summed E-state index contributed by atoms with van der Waals surface area (Å²) in [5.74, 6) is 0.972. The van der Waals surface area contributed by atoms with Crippen LogP contribution in [0.5, 0.6) is 23.5 Å². The van der Waals surface area contributed by atoms with Gasteiger partial charge in [-0.05, 0) is 17.8 Å². The van der Waals surface area contributed by atoms with Gasteiger partial charge in [0.05, 0.1) is 25.8 Å². The Morgan fingerprint density at radius 1 is 1.09 bits per heavy atom. The van der Waals surface area contributed by atoms with Crippen molar-refractivity contribution in [1.82, 2.24) is 9.97 Å². The number of benzene rings is 1. The Morgan fingerprint density at radius 2 is 1.78 bits per heavy atom. The molecule has 1 unspecified atom stereocenters. The van der Waals surface area contributed by atoms with Gasteiger partial charge in [0.25, 0.3) is 0 Å². The molecule has 0 bridgehead atoms. The van der Waals surface area contributed by atoms with E-state index in [0.717, 1.165) is 17.3 Å². The smallest absolute Gasteiger partial charge is 0.328 e. The second-order valence-electron chi connectivity index (χ2n) is 4.53. The van der Waals surface area contributed by atoms with E-state index in [1.807, 2.05) is 6.07 Å². The number of rotatable bonds is 5. The van der Waals surface area contributed by atoms with E-state index in [1.54, 1.807) is 19.2 Å². The molecule has 3 rings (SSSR count). The zero-order valence-electron chi connectivity index (χ0n) is 12.7. The van der Waals surface area contributed by atoms with Gasteiger partial charge in [-0.2, -0.15) is 9.97 Å². The third kappa shape index (κ3) is 2.95. The van der Waals surface area contributed by atoms with Crippen molar-refractivity contribution in [2.45, 2.75) is 5.44 Å². The van der Waals surface area contributed by atoms with Crippen LogP contribution in [0.3, 0.4) is 0 Å². The normalized spacial score (nSPS) is 16.1. The third-order valence-corrected chi connectivity index (χ3v) is 4.30. The first-order valence-corrected chi connectivity index (χ1v) is 7.56. The number of nitrogens with zero attached hydrogens (tertiary/aromatic N) is 2. The lowest BCUT2D eigenvalue weighted by Crippen LogP contribution is -2.01. The van der Waals surface area contributed by atoms with Crippen LogP contribution in [0, 0.1) is 0 Å². The van der Waals surface area contributed by atoms with Gasteiger partial charge in [0.2, 0.25) is 16.9 Å². The van der Waals surface area contributed by atoms with Crippen LogP contribution in [-0.4, -0.2) is 36.4 Å². The highest BCUT2D eigenvalue weighted by atomic mass is 32.2. The van der Waals surface area contributed by atoms with Crippen LogP contribution in [0.2, 0.25) is 0 Å². The predicted molar refractivity (Wildman–Crippen MR) is 83.3 cm³/mol. The highest BCUT2D eigenvalue weighted by molar-refractivity contribution is 8.14. The Balaban J connectivity index is 1.99. The molecular formula is C15H14N2O5S. The number of ether oxygens (including phenoxy) is 4. The fourth-order valence-electron chi connectivity index (χ4n) is 2.18. The maximum Gasteiger partial charge on any atom is 0.328 e. The highest BCUT2D eigenvalue weighted by Gasteiger charge is 2.33. The molecule has 1 aromatic heterocycles. The first-order chi connectivity index (χ1) is 11.2. The first-order valence-electron chi connectivity index (χ1n) is 6.68. The van der Waals surface area contributed by atoms with Crippen LogP contribution in [0.15, 0.2) is 24.3 Å². The van der Waals surface area contributed by atoms with Crippen molar-refractivity contribution in [2.75, 3.05) is 21.3 Å². The van der Waals surface area contributed by atoms with Crippen molar-refractivity contribution in [3.63, 3.8) is 0 Å². The van der Waals surface area contributed by atoms with E-state index in [0.29, 0.717) is 23.1 Å². The molecule has 0 saturated heterocycles. The SMILES string of the molecule is COc1cc(OC)nc(Oc2cccc3c2C(=O)SC3OC)n1. The number of thioether (sulfide) groups is 1. The summed E-state index contributed by atoms with van der Waals surface area (Å²) in [5.41, 5.74) is 0.909. The fourth-order valence-corrected chi connectivity index (χ4v) is 3.13. The molecule has 0 fully saturated rings. The van der Waals surface area contributed by atoms with Crippen molar-refractivity contribution in [3.05, 3.63) is 35.4 Å². The second-order valence-corrected chi connectivity index (χ2v) is 5.57. The molecular weight excluding hydrogens is 320 g/mol. The van der Waals surface area contributed by atoms with Gasteiger partial charge in [-0.1, -0.05) is 12.1 Å². The molecule has 23 heavy (non-hydrogen) atoms. The average molecular weight is 334 g/mol. The van der Waals surface area contributed by atoms with E-state index in [2.05, 4.69) is 9.97 Å². The summed E-state index contributed by atoms with van der Waals surface area (Å²) < 4.78 is 21.2. The third-order valence-electron chi connectivity index (χ3n) is 3.22. The highest BCUT2D eigenvalue weighted by Crippen LogP contribution is 2.46. The van der Waals surface area contributed by atoms with E-state index >= 15 is 0 Å². The maximum atomic E-state index is 12.2. The molecule has 2 aromatic rings. The minimum atomic E-state index is -0.332. The zero-order chi connectivity index (χ0) is 16.4. The Hall–Kier alpha value is -2.32. The van der Waals surface area contributed by atoms with Crippen molar-refractivity contribution in [3.8, 4) is 23.5 Å². The molecule has 0 radical (unpaired) electrons. The van der Waals surface area contributed by atoms with Crippen molar-refractivity contribution < 1.29 is 23.7 Å². The van der Waals surface area contributed by atoms with E-state index in [4.69, 9.17) is 18.9 Å². The average Bonchev–Trinajstić information content (AvgIpc) is 2.91. The molecule has 1 aromatic carbocycles. The molecule has 0 spiro atoms. The molecule has 1 atom stereocenters. The second kappa shape index (κ2) is 6.43. The molecule has 0 N–H and O–H groups in total. The van der Waals surface area contributed by atoms with Gasteiger partial charge in [-0.15, -0.1) is 0 Å². The quantitative estimate of drug-likeness (QED) is 0.826. The standard InChI is InChI=1S/C15H14N2O5S/c1-19-10-7-11(20-2)17-15(16-10)22-9-6-4-5-8-12(9)13(18)23-14(8)21-3/h4-7,14H,1-3H3. The van der Waals surface area contributed by atoms with Crippen molar-refractivity contribution >= 4 is 16.9 Å². The Labute approximate surface area is 136 Å². The number of carbonyl (C=O) groups is 1. The van der Waals surface area contributed by atoms with Gasteiger partial charge in [0.15, 0.2) is 0 Å². The summed E-state index contributed by atoms with van der Waals surface area (Å²) in [6.45, 7) is 0. The summed E-state index contributed by atoms with van der Waals surface area (Å²) in [5, 5.41) is -0.114. The zero-order valence-corrected chi connectivity index (χ0v) is 13.5. The fraction of sp³-hybridized carbons (Fsp3) is 0.267. The lowest BCUT2D eigenvalue weighted by Gasteiger charge is -2.10. The van der Waals surface area contributed by atoms with Crippen LogP contribution in [-0.2, 0) is 4.74 Å². The number of hydrogen-bond acceptors (Lipinski definition) is 8. The summed E-state index contributed by atoms with van der Waals surface area (Å²) in [7, 11) is 4.52. The van der Waals surface area contributed by atoms with Gasteiger partial charge >= 0.3 is 6.01 Å². The maximum absolute atomic E-state index is 12.2. The number of methoxy groups -OCH3 is 3. The lowest BCUT2D eigenvalue weighted by molar-refractivity contribution is 0.108. The van der Waals surface area contributed by atoms with Gasteiger partial charge in [-0.25, -0.2) is 0 Å². The van der Waals surface area contributed by atoms with Crippen LogP contribution < -0.4 is 14.2 Å². The van der Waals surface area contributed by atoms with Gasteiger partial charge < -0.3 is 18.9 Å². The molecule has 1 aliphatic heterocycles. The van der Waals surface area contributed by atoms with E-state index < -0.39 is 0 Å². The molecule has 2 heterocycles. The molecule has 120 valence electrons. The number of carbonyl (C=O) groups excluding carboxylic acids is 1. The Bertz CT molecular complexity index is 730. The van der Waals surface area contributed by atoms with Gasteiger partial charge in [0.1, 0.15) is 11.2 Å². The molecule has 0 amide bonds. The monoisotopic (exact) mass is 334 g/mol. The van der Waals surface area contributed by atoms with Gasteiger partial charge in [0, 0.05) is 12.7 Å². The summed E-state index contributed by atoms with van der Waals surface area (Å²) >= 11 is 1.10. The lowest BCUT2D eigenvalue weighted by atomic mass is 10.1. The Kier molecular flexibility index (Phi) is 4.35. The molecule has 8 heteroatoms. The summed E-state index contributed by atoms with van der Waals surface area (Å²) in [6, 6.07) is 6.88. The number of aromatic nitrogens is 2. The molecule has 1 aliphatic rings. The number of fused-ring (bicyclic) bond motifs is 1. The summed E-state index contributed by atoms with van der Waals surface area (Å²) in [6.07, 6.45) is 0. The van der Waals surface area contributed by atoms with Crippen molar-refractivity contribution in [1.29, 1.82) is 0 Å². The Morgan fingerprint density at radius 3 is 2.39 bits per heavy atom. The minimum Gasteiger partial charge on any atom is -0.481 e. The summed E-state index contributed by atoms with van der Waals surface area (Å²) in [4.78, 5) is 20.4. The topological polar surface area (TPSA) is 79.8 Å². The van der Waals surface area contributed by atoms with Crippen LogP contribution >= 0.6 is 11.8 Å². The van der Waals surface area contributed by atoms with Crippen LogP contribution in [0.4, 0.5) is 0 Å². The minimum absolute atomic E-state index is 0.0354. The predicted octanol–water partition coefficient (Wildman–Crippen LogP) is 2.82.